The van der Waals surface area contributed by atoms with Crippen LogP contribution in [0.4, 0.5) is 17.1 Å². The van der Waals surface area contributed by atoms with Gasteiger partial charge < -0.3 is 9.47 Å². The minimum Gasteiger partial charge on any atom is -0.310 e. The van der Waals surface area contributed by atoms with Crippen LogP contribution >= 0.6 is 0 Å². The number of fused-ring (bicyclic) bond motifs is 5. The summed E-state index contributed by atoms with van der Waals surface area (Å²) in [6.45, 7) is 0. The van der Waals surface area contributed by atoms with E-state index in [1.807, 2.05) is 0 Å². The normalized spacial score (nSPS) is 11.6. The Morgan fingerprint density at radius 2 is 0.761 bits per heavy atom. The third-order valence-electron chi connectivity index (χ3n) is 13.5. The van der Waals surface area contributed by atoms with E-state index in [-0.39, 0.29) is 0 Å². The minimum absolute atomic E-state index is 0.582. The predicted molar refractivity (Wildman–Crippen MR) is 282 cm³/mol. The first kappa shape index (κ1) is 39.8. The summed E-state index contributed by atoms with van der Waals surface area (Å²) in [7, 11) is 0. The molecule has 1 aromatic heterocycles. The molecule has 0 radical (unpaired) electrons. The fourth-order valence-electron chi connectivity index (χ4n) is 10.5. The van der Waals surface area contributed by atoms with Crippen LogP contribution in [0.5, 0.6) is 0 Å². The summed E-state index contributed by atoms with van der Waals surface area (Å²) in [6, 6.07) is 102. The number of hydrogen-bond donors (Lipinski definition) is 0. The Hall–Kier alpha value is -8.72. The van der Waals surface area contributed by atoms with Crippen LogP contribution in [0.25, 0.3) is 60.5 Å². The fraction of sp³-hybridized carbons (Fsp3) is 0.0154. The second-order valence-electron chi connectivity index (χ2n) is 17.3. The van der Waals surface area contributed by atoms with Gasteiger partial charge >= 0.3 is 0 Å². The van der Waals surface area contributed by atoms with Crippen molar-refractivity contribution >= 4 is 49.6 Å². The van der Waals surface area contributed by atoms with E-state index in [0.717, 1.165) is 33.9 Å². The van der Waals surface area contributed by atoms with Crippen LogP contribution < -0.4 is 4.90 Å². The molecule has 0 saturated carbocycles. The van der Waals surface area contributed by atoms with Crippen molar-refractivity contribution in [2.24, 2.45) is 0 Å². The van der Waals surface area contributed by atoms with E-state index < -0.39 is 5.41 Å². The minimum atomic E-state index is -0.582. The highest BCUT2D eigenvalue weighted by atomic mass is 15.1. The molecule has 67 heavy (non-hydrogen) atoms. The maximum atomic E-state index is 2.42. The molecule has 0 amide bonds. The van der Waals surface area contributed by atoms with Gasteiger partial charge in [-0.05, 0) is 116 Å². The topological polar surface area (TPSA) is 8.17 Å². The van der Waals surface area contributed by atoms with E-state index in [1.165, 1.54) is 66.0 Å². The Labute approximate surface area is 391 Å². The number of para-hydroxylation sites is 1. The molecule has 0 bridgehead atoms. The lowest BCUT2D eigenvalue weighted by molar-refractivity contribution is 0.745. The Morgan fingerprint density at radius 3 is 1.39 bits per heavy atom. The van der Waals surface area contributed by atoms with Gasteiger partial charge in [0.2, 0.25) is 0 Å². The van der Waals surface area contributed by atoms with E-state index in [9.17, 15) is 0 Å². The number of hydrogen-bond acceptors (Lipinski definition) is 1. The zero-order valence-electron chi connectivity index (χ0n) is 37.0. The number of anilines is 3. The summed E-state index contributed by atoms with van der Waals surface area (Å²) in [4.78, 5) is 2.40. The molecule has 12 rings (SSSR count). The van der Waals surface area contributed by atoms with Crippen LogP contribution in [0.2, 0.25) is 0 Å². The highest BCUT2D eigenvalue weighted by molar-refractivity contribution is 6.21. The van der Waals surface area contributed by atoms with Crippen molar-refractivity contribution < 1.29 is 0 Å². The molecule has 0 aliphatic heterocycles. The van der Waals surface area contributed by atoms with Gasteiger partial charge in [0, 0.05) is 33.5 Å². The van der Waals surface area contributed by atoms with E-state index >= 15 is 0 Å². The average Bonchev–Trinajstić information content (AvgIpc) is 3.76. The first-order chi connectivity index (χ1) is 33.2. The van der Waals surface area contributed by atoms with E-state index in [4.69, 9.17) is 0 Å². The Kier molecular flexibility index (Phi) is 10.1. The van der Waals surface area contributed by atoms with Crippen LogP contribution in [0, 0.1) is 0 Å². The Balaban J connectivity index is 0.991. The van der Waals surface area contributed by atoms with Crippen molar-refractivity contribution in [1.29, 1.82) is 0 Å². The van der Waals surface area contributed by atoms with Gasteiger partial charge in [-0.1, -0.05) is 218 Å². The second kappa shape index (κ2) is 17.0. The van der Waals surface area contributed by atoms with Gasteiger partial charge in [0.25, 0.3) is 0 Å². The average molecular weight is 855 g/mol. The van der Waals surface area contributed by atoms with E-state index in [2.05, 4.69) is 289 Å². The molecule has 0 atom stereocenters. The van der Waals surface area contributed by atoms with Gasteiger partial charge in [-0.2, -0.15) is 0 Å². The molecule has 0 spiro atoms. The van der Waals surface area contributed by atoms with Crippen molar-refractivity contribution in [3.05, 3.63) is 301 Å². The molecule has 0 fully saturated rings. The van der Waals surface area contributed by atoms with Crippen LogP contribution in [-0.4, -0.2) is 4.57 Å². The summed E-state index contributed by atoms with van der Waals surface area (Å²) in [5.74, 6) is 0. The lowest BCUT2D eigenvalue weighted by atomic mass is 9.65. The maximum absolute atomic E-state index is 2.42. The number of aromatic nitrogens is 1. The fourth-order valence-corrected chi connectivity index (χ4v) is 10.5. The number of nitrogens with zero attached hydrogens (tertiary/aromatic N) is 2. The highest BCUT2D eigenvalue weighted by Gasteiger charge is 2.38. The van der Waals surface area contributed by atoms with Crippen molar-refractivity contribution in [3.63, 3.8) is 0 Å². The van der Waals surface area contributed by atoms with Crippen LogP contribution in [0.1, 0.15) is 22.3 Å². The van der Waals surface area contributed by atoms with E-state index in [0.29, 0.717) is 0 Å². The van der Waals surface area contributed by atoms with E-state index in [1.54, 1.807) is 0 Å². The molecule has 0 aliphatic carbocycles. The summed E-state index contributed by atoms with van der Waals surface area (Å²) in [5.41, 5.74) is 15.7. The molecular weight excluding hydrogens is 809 g/mol. The Morgan fingerprint density at radius 1 is 0.284 bits per heavy atom. The summed E-state index contributed by atoms with van der Waals surface area (Å²) in [5, 5.41) is 5.08. The van der Waals surface area contributed by atoms with Gasteiger partial charge in [0.05, 0.1) is 16.4 Å². The molecule has 11 aromatic carbocycles. The lowest BCUT2D eigenvalue weighted by Crippen LogP contribution is -2.31. The Bertz CT molecular complexity index is 3560. The highest BCUT2D eigenvalue weighted by Crippen LogP contribution is 2.47. The molecule has 2 nitrogen and oxygen atoms in total. The SMILES string of the molecule is c1ccc(-c2ccc(N(c3ccc(-c4cccc(-n5c6ccccc6c6c7ccccc7ccc65)c4)cc3)c3cccc(C(c4ccccc4)(c4ccccc4)c4ccccc4)c3)cc2)cc1. The zero-order chi connectivity index (χ0) is 44.6. The lowest BCUT2D eigenvalue weighted by Gasteiger charge is -2.37. The van der Waals surface area contributed by atoms with Gasteiger partial charge in [0.15, 0.2) is 0 Å². The summed E-state index contributed by atoms with van der Waals surface area (Å²) >= 11 is 0. The summed E-state index contributed by atoms with van der Waals surface area (Å²) in [6.07, 6.45) is 0. The zero-order valence-corrected chi connectivity index (χ0v) is 37.0. The van der Waals surface area contributed by atoms with Gasteiger partial charge in [-0.3, -0.25) is 0 Å². The first-order valence-corrected chi connectivity index (χ1v) is 23.1. The molecule has 0 unspecified atom stereocenters. The molecule has 0 N–H and O–H groups in total. The monoisotopic (exact) mass is 854 g/mol. The first-order valence-electron chi connectivity index (χ1n) is 23.1. The standard InChI is InChI=1S/C65H46N2/c1-5-19-47(20-6-1)48-35-40-56(41-36-48)66(59-31-18-29-55(46-59)65(52-23-7-2-8-24-52,53-25-9-3-10-26-53)54-27-11-4-12-28-54)57-42-37-49(38-43-57)51-22-17-30-58(45-51)67-62-34-16-15-33-61(62)64-60-32-14-13-21-50(60)39-44-63(64)67/h1-46H. The molecule has 0 saturated heterocycles. The van der Waals surface area contributed by atoms with Gasteiger partial charge in [-0.15, -0.1) is 0 Å². The van der Waals surface area contributed by atoms with Gasteiger partial charge in [0.1, 0.15) is 0 Å². The van der Waals surface area contributed by atoms with Gasteiger partial charge in [-0.25, -0.2) is 0 Å². The predicted octanol–water partition coefficient (Wildman–Crippen LogP) is 17.1. The van der Waals surface area contributed by atoms with Crippen LogP contribution in [0.15, 0.2) is 279 Å². The number of rotatable bonds is 10. The third kappa shape index (κ3) is 6.99. The molecule has 0 aliphatic rings. The number of benzene rings is 11. The smallest absolute Gasteiger partial charge is 0.0702 e. The summed E-state index contributed by atoms with van der Waals surface area (Å²) < 4.78 is 2.42. The molecule has 2 heteroatoms. The van der Waals surface area contributed by atoms with Crippen molar-refractivity contribution in [2.75, 3.05) is 4.90 Å². The largest absolute Gasteiger partial charge is 0.310 e. The van der Waals surface area contributed by atoms with Crippen molar-refractivity contribution in [2.45, 2.75) is 5.41 Å². The molecule has 12 aromatic rings. The molecule has 316 valence electrons. The van der Waals surface area contributed by atoms with Crippen molar-refractivity contribution in [3.8, 4) is 27.9 Å². The second-order valence-corrected chi connectivity index (χ2v) is 17.3. The quantitative estimate of drug-likeness (QED) is 0.124. The maximum Gasteiger partial charge on any atom is 0.0702 e. The van der Waals surface area contributed by atoms with Crippen molar-refractivity contribution in [1.82, 2.24) is 4.57 Å². The van der Waals surface area contributed by atoms with Crippen LogP contribution in [0.3, 0.4) is 0 Å². The molecular formula is C65H46N2. The third-order valence-corrected chi connectivity index (χ3v) is 13.5. The molecule has 1 heterocycles. The van der Waals surface area contributed by atoms with Crippen LogP contribution in [-0.2, 0) is 5.41 Å².